The second kappa shape index (κ2) is 9.02. The maximum atomic E-state index is 5.83. The van der Waals surface area contributed by atoms with Gasteiger partial charge in [-0.3, -0.25) is 4.98 Å². The third-order valence-corrected chi connectivity index (χ3v) is 6.85. The van der Waals surface area contributed by atoms with Gasteiger partial charge in [-0.25, -0.2) is 0 Å². The van der Waals surface area contributed by atoms with Gasteiger partial charge >= 0.3 is 0 Å². The van der Waals surface area contributed by atoms with E-state index in [1.54, 1.807) is 29.3 Å². The van der Waals surface area contributed by atoms with E-state index < -0.39 is 0 Å². The van der Waals surface area contributed by atoms with Gasteiger partial charge in [0.05, 0.1) is 5.69 Å². The van der Waals surface area contributed by atoms with Gasteiger partial charge in [-0.15, -0.1) is 21.5 Å². The highest BCUT2D eigenvalue weighted by Crippen LogP contribution is 2.39. The van der Waals surface area contributed by atoms with Gasteiger partial charge in [0.2, 0.25) is 0 Å². The predicted molar refractivity (Wildman–Crippen MR) is 120 cm³/mol. The summed E-state index contributed by atoms with van der Waals surface area (Å²) in [6, 6.07) is 18.9. The Morgan fingerprint density at radius 1 is 1.03 bits per heavy atom. The van der Waals surface area contributed by atoms with E-state index in [0.717, 1.165) is 34.6 Å². The molecule has 1 saturated carbocycles. The van der Waals surface area contributed by atoms with Crippen molar-refractivity contribution < 1.29 is 4.74 Å². The third kappa shape index (κ3) is 4.74. The zero-order valence-electron chi connectivity index (χ0n) is 16.5. The Kier molecular flexibility index (Phi) is 5.81. The number of hydrogen-bond acceptors (Lipinski definition) is 6. The van der Waals surface area contributed by atoms with Crippen molar-refractivity contribution in [3.8, 4) is 5.75 Å². The van der Waals surface area contributed by atoms with Crippen molar-refractivity contribution in [2.45, 2.75) is 42.8 Å². The van der Waals surface area contributed by atoms with Crippen molar-refractivity contribution in [2.75, 3.05) is 0 Å². The van der Waals surface area contributed by atoms with Crippen molar-refractivity contribution in [1.82, 2.24) is 19.7 Å². The molecule has 0 aliphatic heterocycles. The molecular formula is C23H22N4OS2. The van der Waals surface area contributed by atoms with Crippen molar-refractivity contribution >= 4 is 23.1 Å². The number of ether oxygens (including phenoxy) is 1. The molecule has 1 aromatic carbocycles. The molecule has 0 amide bonds. The van der Waals surface area contributed by atoms with Crippen LogP contribution in [0.3, 0.4) is 0 Å². The van der Waals surface area contributed by atoms with Crippen molar-refractivity contribution in [1.29, 1.82) is 0 Å². The van der Waals surface area contributed by atoms with Gasteiger partial charge in [0.25, 0.3) is 0 Å². The molecule has 0 radical (unpaired) electrons. The minimum Gasteiger partial charge on any atom is -0.487 e. The average molecular weight is 435 g/mol. The minimum atomic E-state index is 0.479. The Morgan fingerprint density at radius 2 is 1.93 bits per heavy atom. The van der Waals surface area contributed by atoms with Crippen LogP contribution in [-0.4, -0.2) is 19.7 Å². The fraction of sp³-hybridized carbons (Fsp3) is 0.261. The van der Waals surface area contributed by atoms with Crippen LogP contribution < -0.4 is 4.74 Å². The van der Waals surface area contributed by atoms with Crippen molar-refractivity contribution in [3.63, 3.8) is 0 Å². The Morgan fingerprint density at radius 3 is 2.67 bits per heavy atom. The number of thioether (sulfide) groups is 1. The van der Waals surface area contributed by atoms with E-state index in [4.69, 9.17) is 4.74 Å². The summed E-state index contributed by atoms with van der Waals surface area (Å²) in [5, 5.41) is 12.2. The largest absolute Gasteiger partial charge is 0.487 e. The van der Waals surface area contributed by atoms with Crippen LogP contribution in [0.1, 0.15) is 40.8 Å². The first-order valence-electron chi connectivity index (χ1n) is 10.1. The van der Waals surface area contributed by atoms with Crippen LogP contribution >= 0.6 is 23.1 Å². The van der Waals surface area contributed by atoms with E-state index in [0.29, 0.717) is 12.6 Å². The van der Waals surface area contributed by atoms with Gasteiger partial charge in [0.1, 0.15) is 18.2 Å². The molecule has 4 aromatic rings. The standard InChI is InChI=1S/C23H22N4OS2/c1-2-12-24-18(4-1)15-28-20-10-6-17(7-11-20)16-30-23-26-25-22(27(23)19-8-9-19)14-21-5-3-13-29-21/h1-7,10-13,19H,8-9,14-16H2. The average Bonchev–Trinajstić information content (AvgIpc) is 3.34. The zero-order valence-corrected chi connectivity index (χ0v) is 18.1. The quantitative estimate of drug-likeness (QED) is 0.324. The molecule has 5 nitrogen and oxygen atoms in total. The van der Waals surface area contributed by atoms with Gasteiger partial charge < -0.3 is 9.30 Å². The SMILES string of the molecule is c1ccc(COc2ccc(CSc3nnc(Cc4cccs4)n3C3CC3)cc2)nc1. The van der Waals surface area contributed by atoms with Gasteiger partial charge in [-0.05, 0) is 54.1 Å². The van der Waals surface area contributed by atoms with Crippen LogP contribution in [0.4, 0.5) is 0 Å². The van der Waals surface area contributed by atoms with E-state index in [1.165, 1.54) is 23.3 Å². The van der Waals surface area contributed by atoms with Crippen LogP contribution in [-0.2, 0) is 18.8 Å². The van der Waals surface area contributed by atoms with E-state index in [-0.39, 0.29) is 0 Å². The minimum absolute atomic E-state index is 0.479. The number of thiophene rings is 1. The molecule has 3 heterocycles. The first-order chi connectivity index (χ1) is 14.8. The molecule has 0 unspecified atom stereocenters. The number of pyridine rings is 1. The second-order valence-corrected chi connectivity index (χ2v) is 9.27. The van der Waals surface area contributed by atoms with Gasteiger partial charge in [0.15, 0.2) is 5.16 Å². The lowest BCUT2D eigenvalue weighted by molar-refractivity contribution is 0.301. The number of hydrogen-bond donors (Lipinski definition) is 0. The first kappa shape index (κ1) is 19.3. The molecule has 0 saturated heterocycles. The highest BCUT2D eigenvalue weighted by atomic mass is 32.2. The van der Waals surface area contributed by atoms with E-state index in [1.807, 2.05) is 30.3 Å². The van der Waals surface area contributed by atoms with E-state index >= 15 is 0 Å². The molecule has 3 aromatic heterocycles. The van der Waals surface area contributed by atoms with Crippen LogP contribution in [0.15, 0.2) is 71.3 Å². The van der Waals surface area contributed by atoms with Gasteiger partial charge in [0, 0.05) is 29.3 Å². The predicted octanol–water partition coefficient (Wildman–Crippen LogP) is 5.53. The molecule has 5 rings (SSSR count). The normalized spacial score (nSPS) is 13.5. The molecule has 7 heteroatoms. The molecule has 30 heavy (non-hydrogen) atoms. The number of aromatic nitrogens is 4. The van der Waals surface area contributed by atoms with Crippen LogP contribution in [0, 0.1) is 0 Å². The highest BCUT2D eigenvalue weighted by Gasteiger charge is 2.29. The van der Waals surface area contributed by atoms with E-state index in [9.17, 15) is 0 Å². The summed E-state index contributed by atoms with van der Waals surface area (Å²) in [7, 11) is 0. The summed E-state index contributed by atoms with van der Waals surface area (Å²) < 4.78 is 8.18. The maximum absolute atomic E-state index is 5.83. The second-order valence-electron chi connectivity index (χ2n) is 7.30. The highest BCUT2D eigenvalue weighted by molar-refractivity contribution is 7.98. The Hall–Kier alpha value is -2.64. The molecule has 0 atom stereocenters. The van der Waals surface area contributed by atoms with E-state index in [2.05, 4.69) is 49.4 Å². The molecule has 1 aliphatic rings. The summed E-state index contributed by atoms with van der Waals surface area (Å²) in [4.78, 5) is 5.62. The van der Waals surface area contributed by atoms with Crippen LogP contribution in [0.5, 0.6) is 5.75 Å². The van der Waals surface area contributed by atoms with Crippen LogP contribution in [0.25, 0.3) is 0 Å². The molecule has 1 aliphatic carbocycles. The number of benzene rings is 1. The van der Waals surface area contributed by atoms with Gasteiger partial charge in [-0.2, -0.15) is 0 Å². The topological polar surface area (TPSA) is 52.8 Å². The summed E-state index contributed by atoms with van der Waals surface area (Å²) >= 11 is 3.54. The molecule has 152 valence electrons. The molecule has 0 bridgehead atoms. The first-order valence-corrected chi connectivity index (χ1v) is 11.9. The zero-order chi connectivity index (χ0) is 20.2. The van der Waals surface area contributed by atoms with Crippen molar-refractivity contribution in [3.05, 3.63) is 88.1 Å². The summed E-state index contributed by atoms with van der Waals surface area (Å²) in [5.74, 6) is 2.80. The lowest BCUT2D eigenvalue weighted by Gasteiger charge is -2.09. The van der Waals surface area contributed by atoms with Gasteiger partial charge in [-0.1, -0.05) is 36.0 Å². The lowest BCUT2D eigenvalue weighted by Crippen LogP contribution is -2.03. The smallest absolute Gasteiger partial charge is 0.191 e. The fourth-order valence-electron chi connectivity index (χ4n) is 3.27. The monoisotopic (exact) mass is 434 g/mol. The Bertz CT molecular complexity index is 1070. The third-order valence-electron chi connectivity index (χ3n) is 4.96. The number of nitrogens with zero attached hydrogens (tertiary/aromatic N) is 4. The number of rotatable bonds is 9. The lowest BCUT2D eigenvalue weighted by atomic mass is 10.2. The molecule has 0 N–H and O–H groups in total. The molecule has 0 spiro atoms. The summed E-state index contributed by atoms with van der Waals surface area (Å²) in [6.45, 7) is 0.479. The van der Waals surface area contributed by atoms with Crippen molar-refractivity contribution in [2.24, 2.45) is 0 Å². The molecule has 1 fully saturated rings. The maximum Gasteiger partial charge on any atom is 0.191 e. The fourth-order valence-corrected chi connectivity index (χ4v) is 4.95. The summed E-state index contributed by atoms with van der Waals surface area (Å²) in [6.07, 6.45) is 5.10. The summed E-state index contributed by atoms with van der Waals surface area (Å²) in [5.41, 5.74) is 2.17. The van der Waals surface area contributed by atoms with Crippen LogP contribution in [0.2, 0.25) is 0 Å². The molecular weight excluding hydrogens is 412 g/mol. The Labute approximate surface area is 184 Å². The Balaban J connectivity index is 1.20.